The number of carbonyl (C=O) groups excluding carboxylic acids is 1. The molecule has 0 atom stereocenters. The molecule has 2 aromatic rings. The second kappa shape index (κ2) is 9.49. The van der Waals surface area contributed by atoms with Crippen LogP contribution in [0.4, 0.5) is 5.69 Å². The number of rotatable bonds is 6. The SMILES string of the molecule is COc1ccc(N=C2NC(=O)/C(=C/c3cc(Br)c(OCC#N)c(OC)c3)S2)cc1. The molecule has 1 fully saturated rings. The zero-order valence-electron chi connectivity index (χ0n) is 15.6. The maximum Gasteiger partial charge on any atom is 0.264 e. The van der Waals surface area contributed by atoms with E-state index in [0.717, 1.165) is 11.3 Å². The van der Waals surface area contributed by atoms with Gasteiger partial charge in [-0.05, 0) is 75.7 Å². The van der Waals surface area contributed by atoms with E-state index >= 15 is 0 Å². The fraction of sp³-hybridized carbons (Fsp3) is 0.150. The van der Waals surface area contributed by atoms with Crippen LogP contribution in [0.25, 0.3) is 6.08 Å². The smallest absolute Gasteiger partial charge is 0.264 e. The quantitative estimate of drug-likeness (QED) is 0.629. The molecular formula is C20H16BrN3O4S. The summed E-state index contributed by atoms with van der Waals surface area (Å²) >= 11 is 4.66. The maximum absolute atomic E-state index is 12.3. The Morgan fingerprint density at radius 1 is 1.24 bits per heavy atom. The van der Waals surface area contributed by atoms with Crippen molar-refractivity contribution in [1.82, 2.24) is 5.32 Å². The topological polar surface area (TPSA) is 92.9 Å². The fourth-order valence-corrected chi connectivity index (χ4v) is 3.89. The summed E-state index contributed by atoms with van der Waals surface area (Å²) in [5.74, 6) is 1.39. The summed E-state index contributed by atoms with van der Waals surface area (Å²) < 4.78 is 16.5. The van der Waals surface area contributed by atoms with Crippen LogP contribution in [0, 0.1) is 11.3 Å². The van der Waals surface area contributed by atoms with E-state index < -0.39 is 0 Å². The van der Waals surface area contributed by atoms with Crippen molar-refractivity contribution in [3.8, 4) is 23.3 Å². The van der Waals surface area contributed by atoms with Gasteiger partial charge < -0.3 is 19.5 Å². The third kappa shape index (κ3) is 5.10. The van der Waals surface area contributed by atoms with Crippen LogP contribution in [-0.4, -0.2) is 31.9 Å². The number of nitrogens with zero attached hydrogens (tertiary/aromatic N) is 2. The van der Waals surface area contributed by atoms with Gasteiger partial charge in [-0.2, -0.15) is 5.26 Å². The molecule has 0 saturated carbocycles. The molecule has 0 unspecified atom stereocenters. The summed E-state index contributed by atoms with van der Waals surface area (Å²) in [5.41, 5.74) is 1.44. The van der Waals surface area contributed by atoms with Crippen molar-refractivity contribution < 1.29 is 19.0 Å². The number of carbonyl (C=O) groups is 1. The van der Waals surface area contributed by atoms with Gasteiger partial charge in [0.15, 0.2) is 23.3 Å². The molecule has 0 bridgehead atoms. The highest BCUT2D eigenvalue weighted by Gasteiger charge is 2.24. The highest BCUT2D eigenvalue weighted by Crippen LogP contribution is 2.38. The molecule has 148 valence electrons. The third-order valence-corrected chi connectivity index (χ3v) is 5.28. The molecule has 0 aromatic heterocycles. The average molecular weight is 474 g/mol. The Balaban J connectivity index is 1.83. The minimum atomic E-state index is -0.234. The molecule has 1 aliphatic heterocycles. The van der Waals surface area contributed by atoms with Crippen LogP contribution in [0.2, 0.25) is 0 Å². The van der Waals surface area contributed by atoms with E-state index in [9.17, 15) is 4.79 Å². The largest absolute Gasteiger partial charge is 0.497 e. The van der Waals surface area contributed by atoms with E-state index in [2.05, 4.69) is 26.2 Å². The van der Waals surface area contributed by atoms with Gasteiger partial charge in [0.1, 0.15) is 11.8 Å². The van der Waals surface area contributed by atoms with E-state index in [1.165, 1.54) is 18.9 Å². The number of halogens is 1. The Labute approximate surface area is 180 Å². The normalized spacial score (nSPS) is 15.9. The number of nitrogens with one attached hydrogen (secondary N) is 1. The number of aliphatic imine (C=N–C) groups is 1. The Bertz CT molecular complexity index is 1030. The molecule has 0 spiro atoms. The lowest BCUT2D eigenvalue weighted by atomic mass is 10.2. The van der Waals surface area contributed by atoms with Gasteiger partial charge in [-0.3, -0.25) is 4.79 Å². The Kier molecular flexibility index (Phi) is 6.80. The Morgan fingerprint density at radius 2 is 2.00 bits per heavy atom. The molecule has 1 saturated heterocycles. The summed E-state index contributed by atoms with van der Waals surface area (Å²) in [4.78, 5) is 17.3. The minimum absolute atomic E-state index is 0.0984. The molecular weight excluding hydrogens is 458 g/mol. The first-order valence-electron chi connectivity index (χ1n) is 8.35. The van der Waals surface area contributed by atoms with Crippen molar-refractivity contribution in [2.45, 2.75) is 0 Å². The number of ether oxygens (including phenoxy) is 3. The van der Waals surface area contributed by atoms with Gasteiger partial charge in [-0.1, -0.05) is 0 Å². The van der Waals surface area contributed by atoms with Crippen molar-refractivity contribution >= 4 is 50.5 Å². The van der Waals surface area contributed by atoms with Crippen LogP contribution in [-0.2, 0) is 4.79 Å². The second-order valence-corrected chi connectivity index (χ2v) is 7.55. The Hall–Kier alpha value is -2.96. The number of methoxy groups -OCH3 is 2. The first-order chi connectivity index (χ1) is 14.0. The highest BCUT2D eigenvalue weighted by atomic mass is 79.9. The zero-order chi connectivity index (χ0) is 20.8. The highest BCUT2D eigenvalue weighted by molar-refractivity contribution is 9.10. The van der Waals surface area contributed by atoms with Gasteiger partial charge in [0.2, 0.25) is 0 Å². The summed E-state index contributed by atoms with van der Waals surface area (Å²) in [5, 5.41) is 12.0. The molecule has 0 radical (unpaired) electrons. The van der Waals surface area contributed by atoms with Crippen LogP contribution in [0.3, 0.4) is 0 Å². The molecule has 0 aliphatic carbocycles. The number of hydrogen-bond acceptors (Lipinski definition) is 7. The van der Waals surface area contributed by atoms with Gasteiger partial charge in [0, 0.05) is 0 Å². The van der Waals surface area contributed by atoms with Crippen LogP contribution < -0.4 is 19.5 Å². The monoisotopic (exact) mass is 473 g/mol. The van der Waals surface area contributed by atoms with Gasteiger partial charge in [-0.25, -0.2) is 4.99 Å². The van der Waals surface area contributed by atoms with Crippen LogP contribution in [0.1, 0.15) is 5.56 Å². The molecule has 1 heterocycles. The number of amides is 1. The van der Waals surface area contributed by atoms with Crippen molar-refractivity contribution in [1.29, 1.82) is 5.26 Å². The van der Waals surface area contributed by atoms with Crippen molar-refractivity contribution in [2.24, 2.45) is 4.99 Å². The lowest BCUT2D eigenvalue weighted by molar-refractivity contribution is -0.115. The third-order valence-electron chi connectivity index (χ3n) is 3.78. The maximum atomic E-state index is 12.3. The van der Waals surface area contributed by atoms with E-state index in [1.807, 2.05) is 18.2 Å². The lowest BCUT2D eigenvalue weighted by Gasteiger charge is -2.11. The van der Waals surface area contributed by atoms with Crippen molar-refractivity contribution in [2.75, 3.05) is 20.8 Å². The zero-order valence-corrected chi connectivity index (χ0v) is 18.0. The number of thioether (sulfide) groups is 1. The van der Waals surface area contributed by atoms with Gasteiger partial charge >= 0.3 is 0 Å². The van der Waals surface area contributed by atoms with Crippen LogP contribution in [0.15, 0.2) is 50.8 Å². The van der Waals surface area contributed by atoms with Gasteiger partial charge in [-0.15, -0.1) is 0 Å². The van der Waals surface area contributed by atoms with Gasteiger partial charge in [0.25, 0.3) is 5.91 Å². The molecule has 1 aliphatic rings. The molecule has 9 heteroatoms. The van der Waals surface area contributed by atoms with Gasteiger partial charge in [0.05, 0.1) is 29.3 Å². The number of benzene rings is 2. The average Bonchev–Trinajstić information content (AvgIpc) is 3.06. The number of nitriles is 1. The first-order valence-corrected chi connectivity index (χ1v) is 9.96. The van der Waals surface area contributed by atoms with E-state index in [1.54, 1.807) is 37.5 Å². The molecule has 1 N–H and O–H groups in total. The number of hydrogen-bond donors (Lipinski definition) is 1. The summed E-state index contributed by atoms with van der Waals surface area (Å²) in [6.07, 6.45) is 1.73. The minimum Gasteiger partial charge on any atom is -0.497 e. The molecule has 7 nitrogen and oxygen atoms in total. The van der Waals surface area contributed by atoms with Crippen molar-refractivity contribution in [3.05, 3.63) is 51.3 Å². The van der Waals surface area contributed by atoms with E-state index in [0.29, 0.717) is 31.7 Å². The molecule has 3 rings (SSSR count). The molecule has 1 amide bonds. The van der Waals surface area contributed by atoms with Crippen molar-refractivity contribution in [3.63, 3.8) is 0 Å². The summed E-state index contributed by atoms with van der Waals surface area (Å²) in [6, 6.07) is 12.7. The predicted octanol–water partition coefficient (Wildman–Crippen LogP) is 4.26. The molecule has 2 aromatic carbocycles. The van der Waals surface area contributed by atoms with Crippen LogP contribution in [0.5, 0.6) is 17.2 Å². The Morgan fingerprint density at radius 3 is 2.66 bits per heavy atom. The molecule has 29 heavy (non-hydrogen) atoms. The lowest BCUT2D eigenvalue weighted by Crippen LogP contribution is -2.19. The second-order valence-electron chi connectivity index (χ2n) is 5.66. The summed E-state index contributed by atoms with van der Waals surface area (Å²) in [7, 11) is 3.11. The first kappa shape index (κ1) is 20.8. The predicted molar refractivity (Wildman–Crippen MR) is 116 cm³/mol. The fourth-order valence-electron chi connectivity index (χ4n) is 2.47. The summed E-state index contributed by atoms with van der Waals surface area (Å²) in [6.45, 7) is -0.0984. The van der Waals surface area contributed by atoms with E-state index in [-0.39, 0.29) is 12.5 Å². The van der Waals surface area contributed by atoms with E-state index in [4.69, 9.17) is 19.5 Å². The standard InChI is InChI=1S/C20H16BrN3O4S/c1-26-14-5-3-13(4-6-14)23-20-24-19(25)17(29-20)11-12-9-15(21)18(28-8-7-22)16(10-12)27-2/h3-6,9-11H,8H2,1-2H3,(H,23,24,25)/b17-11-. The van der Waals surface area contributed by atoms with Crippen LogP contribution >= 0.6 is 27.7 Å². The number of amidine groups is 1.